The van der Waals surface area contributed by atoms with E-state index in [1.807, 2.05) is 0 Å². The average Bonchev–Trinajstić information content (AvgIpc) is 2.69. The van der Waals surface area contributed by atoms with Gasteiger partial charge in [0.15, 0.2) is 0 Å². The molecule has 2 N–H and O–H groups in total. The largest absolute Gasteiger partial charge is 0.483 e. The van der Waals surface area contributed by atoms with Crippen LogP contribution < -0.4 is 5.32 Å². The Balaban J connectivity index is 0.000000806. The summed E-state index contributed by atoms with van der Waals surface area (Å²) in [4.78, 5) is 19.5. The Morgan fingerprint density at radius 3 is 2.40 bits per heavy atom. The van der Waals surface area contributed by atoms with Crippen LogP contribution >= 0.6 is 0 Å². The molecule has 0 unspecified atom stereocenters. The summed E-state index contributed by atoms with van der Waals surface area (Å²) < 4.78 is 52.4. The highest BCUT2D eigenvalue weighted by molar-refractivity contribution is 5.66. The number of fused-ring (bicyclic) bond motifs is 3. The maximum atomic E-state index is 14.2. The van der Waals surface area contributed by atoms with Crippen molar-refractivity contribution in [3.8, 4) is 11.1 Å². The number of halogens is 4. The van der Waals surface area contributed by atoms with E-state index in [0.717, 1.165) is 44.6 Å². The molecule has 6 nitrogen and oxygen atoms in total. The lowest BCUT2D eigenvalue weighted by Crippen LogP contribution is -2.53. The summed E-state index contributed by atoms with van der Waals surface area (Å²) in [5.41, 5.74) is -0.0361. The van der Waals surface area contributed by atoms with Crippen molar-refractivity contribution in [3.63, 3.8) is 0 Å². The number of aromatic nitrogens is 2. The quantitative estimate of drug-likeness (QED) is 0.574. The molecule has 5 rings (SSSR count). The lowest BCUT2D eigenvalue weighted by molar-refractivity contribution is -0.137. The topological polar surface area (TPSA) is 78.4 Å². The van der Waals surface area contributed by atoms with Gasteiger partial charge in [0.1, 0.15) is 5.82 Å². The second-order valence-electron chi connectivity index (χ2n) is 7.38. The Labute approximate surface area is 170 Å². The molecule has 1 atom stereocenters. The van der Waals surface area contributed by atoms with E-state index in [0.29, 0.717) is 35.2 Å². The number of anilines is 1. The van der Waals surface area contributed by atoms with Crippen LogP contribution in [0, 0.1) is 18.7 Å². The van der Waals surface area contributed by atoms with Crippen molar-refractivity contribution >= 4 is 12.4 Å². The summed E-state index contributed by atoms with van der Waals surface area (Å²) in [6.07, 6.45) is -0.789. The van der Waals surface area contributed by atoms with Crippen LogP contribution in [0.2, 0.25) is 0 Å². The van der Waals surface area contributed by atoms with Crippen molar-refractivity contribution in [2.24, 2.45) is 5.92 Å². The number of piperidine rings is 3. The van der Waals surface area contributed by atoms with Gasteiger partial charge in [-0.1, -0.05) is 6.07 Å². The molecule has 1 aromatic carbocycles. The number of carbonyl (C=O) groups is 1. The lowest BCUT2D eigenvalue weighted by atomic mass is 9.84. The van der Waals surface area contributed by atoms with E-state index in [4.69, 9.17) is 9.90 Å². The van der Waals surface area contributed by atoms with Gasteiger partial charge in [-0.2, -0.15) is 13.2 Å². The zero-order chi connectivity index (χ0) is 21.9. The number of carboxylic acid groups (broad SMARTS) is 1. The number of nitrogens with zero attached hydrogens (tertiary/aromatic N) is 3. The number of hydrogen-bond acceptors (Lipinski definition) is 5. The monoisotopic (exact) mass is 426 g/mol. The van der Waals surface area contributed by atoms with E-state index in [1.165, 1.54) is 6.20 Å². The van der Waals surface area contributed by atoms with Crippen LogP contribution in [0.5, 0.6) is 0 Å². The first kappa shape index (κ1) is 21.9. The first-order valence-corrected chi connectivity index (χ1v) is 9.50. The van der Waals surface area contributed by atoms with Gasteiger partial charge in [0.25, 0.3) is 6.47 Å². The van der Waals surface area contributed by atoms with Gasteiger partial charge in [-0.05, 0) is 50.9 Å². The SMILES string of the molecule is Cc1nc(N[C@H]2CN3CCC2CC3)ncc1-c1ccc(C(F)(F)F)cc1F.O=CO. The molecule has 0 radical (unpaired) electrons. The summed E-state index contributed by atoms with van der Waals surface area (Å²) >= 11 is 0. The molecular weight excluding hydrogens is 404 g/mol. The van der Waals surface area contributed by atoms with Crippen LogP contribution in [0.25, 0.3) is 11.1 Å². The van der Waals surface area contributed by atoms with E-state index >= 15 is 0 Å². The van der Waals surface area contributed by atoms with Crippen molar-refractivity contribution in [3.05, 3.63) is 41.5 Å². The van der Waals surface area contributed by atoms with Crippen LogP contribution in [-0.2, 0) is 11.0 Å². The highest BCUT2D eigenvalue weighted by Gasteiger charge is 2.34. The number of aryl methyl sites for hydroxylation is 1. The second-order valence-corrected chi connectivity index (χ2v) is 7.38. The zero-order valence-electron chi connectivity index (χ0n) is 16.3. The Hall–Kier alpha value is -2.75. The van der Waals surface area contributed by atoms with Crippen LogP contribution in [0.15, 0.2) is 24.4 Å². The van der Waals surface area contributed by atoms with E-state index in [1.54, 1.807) is 6.92 Å². The average molecular weight is 426 g/mol. The number of nitrogens with one attached hydrogen (secondary N) is 1. The van der Waals surface area contributed by atoms with Crippen LogP contribution in [0.3, 0.4) is 0 Å². The summed E-state index contributed by atoms with van der Waals surface area (Å²) in [6, 6.07) is 2.80. The van der Waals surface area contributed by atoms with E-state index < -0.39 is 17.6 Å². The predicted octanol–water partition coefficient (Wildman–Crippen LogP) is 3.82. The minimum atomic E-state index is -4.58. The van der Waals surface area contributed by atoms with Crippen molar-refractivity contribution in [1.29, 1.82) is 0 Å². The fourth-order valence-corrected chi connectivity index (χ4v) is 4.01. The van der Waals surface area contributed by atoms with Crippen molar-refractivity contribution in [2.75, 3.05) is 25.0 Å². The van der Waals surface area contributed by atoms with Gasteiger partial charge in [-0.25, -0.2) is 14.4 Å². The molecule has 4 heterocycles. The number of hydrogen-bond donors (Lipinski definition) is 2. The zero-order valence-corrected chi connectivity index (χ0v) is 16.3. The third-order valence-corrected chi connectivity index (χ3v) is 5.54. The molecule has 10 heteroatoms. The molecule has 3 saturated heterocycles. The first-order chi connectivity index (χ1) is 14.2. The molecule has 0 spiro atoms. The number of rotatable bonds is 3. The lowest BCUT2D eigenvalue weighted by Gasteiger charge is -2.44. The Bertz CT molecular complexity index is 899. The molecule has 3 aliphatic heterocycles. The molecule has 30 heavy (non-hydrogen) atoms. The summed E-state index contributed by atoms with van der Waals surface area (Å²) in [5, 5.41) is 10.3. The Morgan fingerprint density at radius 1 is 1.23 bits per heavy atom. The van der Waals surface area contributed by atoms with Crippen LogP contribution in [0.4, 0.5) is 23.5 Å². The van der Waals surface area contributed by atoms with Gasteiger partial charge in [-0.3, -0.25) is 4.79 Å². The predicted molar refractivity (Wildman–Crippen MR) is 102 cm³/mol. The Morgan fingerprint density at radius 2 is 1.90 bits per heavy atom. The number of benzene rings is 1. The van der Waals surface area contributed by atoms with Crippen molar-refractivity contribution < 1.29 is 27.5 Å². The summed E-state index contributed by atoms with van der Waals surface area (Å²) in [6.45, 7) is 4.68. The maximum absolute atomic E-state index is 14.2. The molecule has 0 saturated carbocycles. The van der Waals surface area contributed by atoms with Gasteiger partial charge in [0.05, 0.1) is 11.3 Å². The van der Waals surface area contributed by atoms with E-state index in [-0.39, 0.29) is 12.0 Å². The van der Waals surface area contributed by atoms with Gasteiger partial charge in [0, 0.05) is 29.9 Å². The third-order valence-electron chi connectivity index (χ3n) is 5.54. The normalized spacial score (nSPS) is 22.8. The third kappa shape index (κ3) is 4.86. The molecule has 0 amide bonds. The van der Waals surface area contributed by atoms with Crippen molar-refractivity contribution in [2.45, 2.75) is 32.0 Å². The summed E-state index contributed by atoms with van der Waals surface area (Å²) in [5.74, 6) is 0.142. The van der Waals surface area contributed by atoms with Crippen LogP contribution in [0.1, 0.15) is 24.1 Å². The smallest absolute Gasteiger partial charge is 0.416 e. The van der Waals surface area contributed by atoms with Crippen LogP contribution in [-0.4, -0.2) is 52.1 Å². The first-order valence-electron chi connectivity index (χ1n) is 9.50. The van der Waals surface area contributed by atoms with E-state index in [2.05, 4.69) is 20.2 Å². The van der Waals surface area contributed by atoms with Gasteiger partial charge in [0.2, 0.25) is 5.95 Å². The molecule has 1 aromatic heterocycles. The highest BCUT2D eigenvalue weighted by atomic mass is 19.4. The minimum absolute atomic E-state index is 0.0647. The molecular formula is C20H22F4N4O2. The van der Waals surface area contributed by atoms with Gasteiger partial charge >= 0.3 is 6.18 Å². The molecule has 3 fully saturated rings. The summed E-state index contributed by atoms with van der Waals surface area (Å²) in [7, 11) is 0. The standard InChI is InChI=1S/C19H20F4N4.CH2O2/c1-11-15(14-3-2-13(8-16(14)20)19(21,22)23)9-24-18(25-11)26-17-10-27-6-4-12(17)5-7-27;2-1-3/h2-3,8-9,12,17H,4-7,10H2,1H3,(H,24,25,26);1H,(H,2,3)/t17-;/m0./s1. The molecule has 2 bridgehead atoms. The minimum Gasteiger partial charge on any atom is -0.483 e. The maximum Gasteiger partial charge on any atom is 0.416 e. The Kier molecular flexibility index (Phi) is 6.55. The van der Waals surface area contributed by atoms with E-state index in [9.17, 15) is 17.6 Å². The fraction of sp³-hybridized carbons (Fsp3) is 0.450. The molecule has 3 aliphatic rings. The van der Waals surface area contributed by atoms with Gasteiger partial charge < -0.3 is 15.3 Å². The molecule has 162 valence electrons. The van der Waals surface area contributed by atoms with Gasteiger partial charge in [-0.15, -0.1) is 0 Å². The molecule has 2 aromatic rings. The fourth-order valence-electron chi connectivity index (χ4n) is 4.01. The van der Waals surface area contributed by atoms with Crippen molar-refractivity contribution in [1.82, 2.24) is 14.9 Å². The highest BCUT2D eigenvalue weighted by Crippen LogP contribution is 2.34. The molecule has 0 aliphatic carbocycles. The second kappa shape index (κ2) is 8.95. The number of alkyl halides is 3.